The lowest BCUT2D eigenvalue weighted by atomic mass is 9.85. The maximum atomic E-state index is 5.56. The zero-order valence-electron chi connectivity index (χ0n) is 8.88. The summed E-state index contributed by atoms with van der Waals surface area (Å²) >= 11 is 0. The molecule has 1 fully saturated rings. The molecule has 14 heavy (non-hydrogen) atoms. The fraction of sp³-hybridized carbons (Fsp3) is 0.900. The molecule has 0 unspecified atom stereocenters. The lowest BCUT2D eigenvalue weighted by Gasteiger charge is -2.31. The van der Waals surface area contributed by atoms with Gasteiger partial charge in [0.15, 0.2) is 5.72 Å². The molecule has 0 aromatic rings. The zero-order valence-corrected chi connectivity index (χ0v) is 8.88. The molecule has 1 spiro atoms. The van der Waals surface area contributed by atoms with Gasteiger partial charge >= 0.3 is 0 Å². The second kappa shape index (κ2) is 3.87. The molecule has 2 rings (SSSR count). The van der Waals surface area contributed by atoms with E-state index >= 15 is 0 Å². The Morgan fingerprint density at radius 3 is 2.93 bits per heavy atom. The first kappa shape index (κ1) is 9.93. The standard InChI is InChI=1S/C10H18N2O2/c1-8-3-5-10(6-4-8)11-9(7-13-2)12-14-10/h8H,3-7H2,1-2H3,(H,11,12). The SMILES string of the molecule is COCC1=NC2(CCC(C)CC2)ON1. The van der Waals surface area contributed by atoms with E-state index in [4.69, 9.17) is 9.57 Å². The van der Waals surface area contributed by atoms with Crippen LogP contribution in [0.15, 0.2) is 4.99 Å². The number of ether oxygens (including phenoxy) is 1. The van der Waals surface area contributed by atoms with Crippen molar-refractivity contribution in [3.05, 3.63) is 0 Å². The minimum absolute atomic E-state index is 0.277. The van der Waals surface area contributed by atoms with Crippen LogP contribution in [0.4, 0.5) is 0 Å². The Hall–Kier alpha value is -0.610. The summed E-state index contributed by atoms with van der Waals surface area (Å²) in [6.45, 7) is 2.80. The third-order valence-corrected chi connectivity index (χ3v) is 3.03. The number of amidine groups is 1. The summed E-state index contributed by atoms with van der Waals surface area (Å²) in [7, 11) is 1.66. The molecule has 1 aliphatic heterocycles. The molecule has 80 valence electrons. The van der Waals surface area contributed by atoms with E-state index in [2.05, 4.69) is 17.4 Å². The Morgan fingerprint density at radius 1 is 1.57 bits per heavy atom. The highest BCUT2D eigenvalue weighted by Gasteiger charge is 2.39. The largest absolute Gasteiger partial charge is 0.377 e. The lowest BCUT2D eigenvalue weighted by Crippen LogP contribution is -2.34. The predicted octanol–water partition coefficient (Wildman–Crippen LogP) is 1.47. The molecule has 0 aromatic carbocycles. The van der Waals surface area contributed by atoms with E-state index in [1.54, 1.807) is 7.11 Å². The Kier molecular flexibility index (Phi) is 2.74. The van der Waals surface area contributed by atoms with Gasteiger partial charge in [0.1, 0.15) is 12.4 Å². The van der Waals surface area contributed by atoms with E-state index in [1.165, 1.54) is 12.8 Å². The second-order valence-corrected chi connectivity index (χ2v) is 4.32. The number of nitrogens with zero attached hydrogens (tertiary/aromatic N) is 1. The molecule has 1 heterocycles. The van der Waals surface area contributed by atoms with Crippen LogP contribution in [0.25, 0.3) is 0 Å². The maximum Gasteiger partial charge on any atom is 0.187 e. The number of hydroxylamine groups is 1. The predicted molar refractivity (Wildman–Crippen MR) is 53.9 cm³/mol. The van der Waals surface area contributed by atoms with Crippen LogP contribution < -0.4 is 5.48 Å². The molecule has 1 N–H and O–H groups in total. The molecular formula is C10H18N2O2. The minimum atomic E-state index is -0.277. The molecule has 0 atom stereocenters. The number of nitrogens with one attached hydrogen (secondary N) is 1. The van der Waals surface area contributed by atoms with Gasteiger partial charge in [0.2, 0.25) is 0 Å². The van der Waals surface area contributed by atoms with Crippen LogP contribution in [-0.4, -0.2) is 25.3 Å². The highest BCUT2D eigenvalue weighted by molar-refractivity contribution is 5.83. The molecule has 4 heteroatoms. The maximum absolute atomic E-state index is 5.56. The van der Waals surface area contributed by atoms with Gasteiger partial charge in [0.05, 0.1) is 0 Å². The van der Waals surface area contributed by atoms with E-state index in [-0.39, 0.29) is 5.72 Å². The Bertz CT molecular complexity index is 232. The Morgan fingerprint density at radius 2 is 2.29 bits per heavy atom. The molecule has 0 saturated heterocycles. The van der Waals surface area contributed by atoms with Crippen molar-refractivity contribution in [2.75, 3.05) is 13.7 Å². The summed E-state index contributed by atoms with van der Waals surface area (Å²) in [5.41, 5.74) is 2.58. The van der Waals surface area contributed by atoms with Crippen LogP contribution in [0.5, 0.6) is 0 Å². The fourth-order valence-corrected chi connectivity index (χ4v) is 2.07. The van der Waals surface area contributed by atoms with Crippen molar-refractivity contribution in [1.82, 2.24) is 5.48 Å². The van der Waals surface area contributed by atoms with E-state index in [0.717, 1.165) is 24.6 Å². The van der Waals surface area contributed by atoms with Gasteiger partial charge in [-0.2, -0.15) is 0 Å². The number of methoxy groups -OCH3 is 1. The van der Waals surface area contributed by atoms with Gasteiger partial charge in [-0.1, -0.05) is 6.92 Å². The monoisotopic (exact) mass is 198 g/mol. The third kappa shape index (κ3) is 1.91. The second-order valence-electron chi connectivity index (χ2n) is 4.32. The first-order chi connectivity index (χ1) is 6.74. The van der Waals surface area contributed by atoms with Gasteiger partial charge in [0, 0.05) is 7.11 Å². The smallest absolute Gasteiger partial charge is 0.187 e. The Labute approximate surface area is 84.6 Å². The van der Waals surface area contributed by atoms with Gasteiger partial charge in [-0.25, -0.2) is 15.3 Å². The average Bonchev–Trinajstić information content (AvgIpc) is 2.56. The van der Waals surface area contributed by atoms with Crippen LogP contribution in [-0.2, 0) is 9.57 Å². The molecule has 1 saturated carbocycles. The van der Waals surface area contributed by atoms with Crippen molar-refractivity contribution in [3.63, 3.8) is 0 Å². The van der Waals surface area contributed by atoms with Crippen molar-refractivity contribution in [2.24, 2.45) is 10.9 Å². The minimum Gasteiger partial charge on any atom is -0.377 e. The van der Waals surface area contributed by atoms with Crippen molar-refractivity contribution in [1.29, 1.82) is 0 Å². The van der Waals surface area contributed by atoms with Crippen molar-refractivity contribution >= 4 is 5.84 Å². The van der Waals surface area contributed by atoms with Crippen molar-refractivity contribution < 1.29 is 9.57 Å². The van der Waals surface area contributed by atoms with Crippen molar-refractivity contribution in [2.45, 2.75) is 38.3 Å². The van der Waals surface area contributed by atoms with Crippen LogP contribution in [0.3, 0.4) is 0 Å². The average molecular weight is 198 g/mol. The summed E-state index contributed by atoms with van der Waals surface area (Å²) in [4.78, 5) is 10.1. The van der Waals surface area contributed by atoms with Crippen LogP contribution >= 0.6 is 0 Å². The first-order valence-corrected chi connectivity index (χ1v) is 5.26. The molecule has 0 radical (unpaired) electrons. The fourth-order valence-electron chi connectivity index (χ4n) is 2.07. The van der Waals surface area contributed by atoms with Gasteiger partial charge in [0.25, 0.3) is 0 Å². The van der Waals surface area contributed by atoms with Crippen LogP contribution in [0.1, 0.15) is 32.6 Å². The van der Waals surface area contributed by atoms with E-state index < -0.39 is 0 Å². The van der Waals surface area contributed by atoms with Crippen LogP contribution in [0, 0.1) is 5.92 Å². The molecule has 0 bridgehead atoms. The lowest BCUT2D eigenvalue weighted by molar-refractivity contribution is -0.0831. The van der Waals surface area contributed by atoms with Gasteiger partial charge in [-0.05, 0) is 31.6 Å². The number of rotatable bonds is 2. The van der Waals surface area contributed by atoms with Gasteiger partial charge < -0.3 is 4.74 Å². The van der Waals surface area contributed by atoms with Gasteiger partial charge in [-0.15, -0.1) is 0 Å². The first-order valence-electron chi connectivity index (χ1n) is 5.26. The Balaban J connectivity index is 1.98. The summed E-state index contributed by atoms with van der Waals surface area (Å²) in [5.74, 6) is 1.63. The number of aliphatic imine (C=N–C) groups is 1. The zero-order chi connectivity index (χ0) is 10.0. The number of hydrogen-bond donors (Lipinski definition) is 1. The highest BCUT2D eigenvalue weighted by atomic mass is 16.7. The quantitative estimate of drug-likeness (QED) is 0.730. The van der Waals surface area contributed by atoms with Crippen molar-refractivity contribution in [3.8, 4) is 0 Å². The van der Waals surface area contributed by atoms with E-state index in [1.807, 2.05) is 0 Å². The summed E-state index contributed by atoms with van der Waals surface area (Å²) < 4.78 is 5.01. The van der Waals surface area contributed by atoms with Crippen LogP contribution in [0.2, 0.25) is 0 Å². The molecule has 0 amide bonds. The highest BCUT2D eigenvalue weighted by Crippen LogP contribution is 2.36. The molecule has 4 nitrogen and oxygen atoms in total. The molecule has 0 aromatic heterocycles. The number of hydrogen-bond acceptors (Lipinski definition) is 4. The summed E-state index contributed by atoms with van der Waals surface area (Å²) in [5, 5.41) is 0. The molecule has 1 aliphatic carbocycles. The normalized spacial score (nSPS) is 37.0. The summed E-state index contributed by atoms with van der Waals surface area (Å²) in [6, 6.07) is 0. The van der Waals surface area contributed by atoms with E-state index in [0.29, 0.717) is 6.61 Å². The van der Waals surface area contributed by atoms with E-state index in [9.17, 15) is 0 Å². The summed E-state index contributed by atoms with van der Waals surface area (Å²) in [6.07, 6.45) is 4.44. The van der Waals surface area contributed by atoms with Gasteiger partial charge in [-0.3, -0.25) is 0 Å². The molecule has 2 aliphatic rings. The topological polar surface area (TPSA) is 42.9 Å². The third-order valence-electron chi connectivity index (χ3n) is 3.03. The molecular weight excluding hydrogens is 180 g/mol.